The van der Waals surface area contributed by atoms with Crippen LogP contribution in [0.4, 0.5) is 23.2 Å². The zero-order chi connectivity index (χ0) is 15.3. The Labute approximate surface area is 120 Å². The summed E-state index contributed by atoms with van der Waals surface area (Å²) in [5, 5.41) is 0. The van der Waals surface area contributed by atoms with Crippen molar-refractivity contribution in [3.63, 3.8) is 0 Å². The summed E-state index contributed by atoms with van der Waals surface area (Å²) in [4.78, 5) is -0.535. The van der Waals surface area contributed by atoms with Crippen LogP contribution in [-0.4, -0.2) is 20.1 Å². The number of hydrogen-bond donors (Lipinski definition) is 2. The predicted molar refractivity (Wildman–Crippen MR) is 66.9 cm³/mol. The number of nitrogens with one attached hydrogen (secondary N) is 1. The molecule has 2 rings (SSSR count). The smallest absolute Gasteiger partial charge is 0.396 e. The Morgan fingerprint density at radius 2 is 1.85 bits per heavy atom. The van der Waals surface area contributed by atoms with Crippen LogP contribution in [0.3, 0.4) is 0 Å². The fourth-order valence-electron chi connectivity index (χ4n) is 1.63. The summed E-state index contributed by atoms with van der Waals surface area (Å²) in [6, 6.07) is 1.56. The summed E-state index contributed by atoms with van der Waals surface area (Å²) in [5.74, 6) is -0.868. The molecule has 0 radical (unpaired) electrons. The summed E-state index contributed by atoms with van der Waals surface area (Å²) in [5.41, 5.74) is 2.34. The van der Waals surface area contributed by atoms with Crippen LogP contribution < -0.4 is 10.5 Å². The third-order valence-corrected chi connectivity index (χ3v) is 5.46. The van der Waals surface area contributed by atoms with E-state index in [1.54, 1.807) is 4.72 Å². The van der Waals surface area contributed by atoms with E-state index >= 15 is 0 Å². The first kappa shape index (κ1) is 15.5. The lowest BCUT2D eigenvalue weighted by Crippen LogP contribution is -2.47. The number of nitrogen functional groups attached to an aromatic ring is 1. The second-order valence-electron chi connectivity index (χ2n) is 4.49. The highest BCUT2D eigenvalue weighted by molar-refractivity contribution is 9.10. The number of hydrogen-bond acceptors (Lipinski definition) is 3. The Morgan fingerprint density at radius 1 is 1.30 bits per heavy atom. The van der Waals surface area contributed by atoms with Gasteiger partial charge in [0.1, 0.15) is 11.4 Å². The Morgan fingerprint density at radius 3 is 2.30 bits per heavy atom. The largest absolute Gasteiger partial charge is 0.407 e. The third kappa shape index (κ3) is 2.63. The van der Waals surface area contributed by atoms with Gasteiger partial charge in [0.25, 0.3) is 0 Å². The van der Waals surface area contributed by atoms with Gasteiger partial charge in [-0.15, -0.1) is 0 Å². The van der Waals surface area contributed by atoms with E-state index in [-0.39, 0.29) is 17.3 Å². The molecule has 1 aromatic carbocycles. The molecule has 0 saturated heterocycles. The molecular formula is C10H9BrF4N2O2S. The second kappa shape index (κ2) is 4.57. The minimum atomic E-state index is -4.68. The van der Waals surface area contributed by atoms with Crippen molar-refractivity contribution in [2.75, 3.05) is 5.73 Å². The van der Waals surface area contributed by atoms with E-state index in [9.17, 15) is 26.0 Å². The number of alkyl halides is 3. The van der Waals surface area contributed by atoms with Gasteiger partial charge < -0.3 is 5.73 Å². The van der Waals surface area contributed by atoms with Crippen LogP contribution in [0.5, 0.6) is 0 Å². The topological polar surface area (TPSA) is 72.2 Å². The molecule has 0 aromatic heterocycles. The maximum atomic E-state index is 13.1. The van der Waals surface area contributed by atoms with Crippen LogP contribution in [0.15, 0.2) is 21.5 Å². The van der Waals surface area contributed by atoms with Crippen LogP contribution in [0.1, 0.15) is 12.8 Å². The Bertz CT molecular complexity index is 656. The maximum Gasteiger partial charge on any atom is 0.407 e. The monoisotopic (exact) mass is 376 g/mol. The number of anilines is 1. The van der Waals surface area contributed by atoms with Crippen molar-refractivity contribution in [3.05, 3.63) is 22.4 Å². The maximum absolute atomic E-state index is 13.1. The molecule has 4 nitrogen and oxygen atoms in total. The van der Waals surface area contributed by atoms with Crippen LogP contribution in [0.2, 0.25) is 0 Å². The van der Waals surface area contributed by atoms with E-state index < -0.39 is 38.1 Å². The van der Waals surface area contributed by atoms with Crippen LogP contribution in [0.25, 0.3) is 0 Å². The van der Waals surface area contributed by atoms with E-state index in [0.29, 0.717) is 0 Å². The van der Waals surface area contributed by atoms with Crippen molar-refractivity contribution >= 4 is 31.6 Å². The first-order chi connectivity index (χ1) is 8.98. The summed E-state index contributed by atoms with van der Waals surface area (Å²) in [7, 11) is -4.47. The van der Waals surface area contributed by atoms with Crippen molar-refractivity contribution in [2.45, 2.75) is 29.5 Å². The van der Waals surface area contributed by atoms with Crippen molar-refractivity contribution in [1.82, 2.24) is 4.72 Å². The normalized spacial score (nSPS) is 18.1. The molecule has 0 heterocycles. The Kier molecular flexibility index (Phi) is 3.54. The van der Waals surface area contributed by atoms with E-state index in [0.717, 1.165) is 12.1 Å². The Balaban J connectivity index is 2.40. The van der Waals surface area contributed by atoms with Crippen molar-refractivity contribution in [1.29, 1.82) is 0 Å². The van der Waals surface area contributed by atoms with E-state index in [4.69, 9.17) is 5.73 Å². The van der Waals surface area contributed by atoms with Gasteiger partial charge in [-0.25, -0.2) is 12.8 Å². The molecule has 1 aliphatic carbocycles. The fourth-order valence-corrected chi connectivity index (χ4v) is 4.13. The zero-order valence-electron chi connectivity index (χ0n) is 9.76. The lowest BCUT2D eigenvalue weighted by molar-refractivity contribution is -0.160. The number of nitrogens with two attached hydrogens (primary N) is 1. The van der Waals surface area contributed by atoms with Gasteiger partial charge in [0.15, 0.2) is 0 Å². The van der Waals surface area contributed by atoms with Gasteiger partial charge in [0.2, 0.25) is 10.0 Å². The van der Waals surface area contributed by atoms with E-state index in [1.807, 2.05) is 0 Å². The van der Waals surface area contributed by atoms with E-state index in [1.165, 1.54) is 0 Å². The van der Waals surface area contributed by atoms with Gasteiger partial charge in [-0.3, -0.25) is 0 Å². The molecule has 20 heavy (non-hydrogen) atoms. The number of benzene rings is 1. The van der Waals surface area contributed by atoms with Gasteiger partial charge in [0, 0.05) is 4.47 Å². The summed E-state index contributed by atoms with van der Waals surface area (Å²) in [6.07, 6.45) is -5.34. The summed E-state index contributed by atoms with van der Waals surface area (Å²) in [6.45, 7) is 0. The van der Waals surface area contributed by atoms with Crippen LogP contribution in [-0.2, 0) is 10.0 Å². The molecule has 0 unspecified atom stereocenters. The molecular weight excluding hydrogens is 368 g/mol. The lowest BCUT2D eigenvalue weighted by Gasteiger charge is -2.21. The van der Waals surface area contributed by atoms with Crippen molar-refractivity contribution in [2.24, 2.45) is 0 Å². The molecule has 1 fully saturated rings. The predicted octanol–water partition coefficient (Wildman–Crippen LogP) is 2.54. The lowest BCUT2D eigenvalue weighted by atomic mass is 10.3. The van der Waals surface area contributed by atoms with Gasteiger partial charge in [-0.2, -0.15) is 17.9 Å². The van der Waals surface area contributed by atoms with Gasteiger partial charge >= 0.3 is 6.18 Å². The minimum Gasteiger partial charge on any atom is -0.396 e. The molecule has 1 saturated carbocycles. The first-order valence-corrected chi connectivity index (χ1v) is 7.61. The quantitative estimate of drug-likeness (QED) is 0.628. The summed E-state index contributed by atoms with van der Waals surface area (Å²) >= 11 is 2.80. The van der Waals surface area contributed by atoms with Crippen molar-refractivity contribution < 1.29 is 26.0 Å². The molecule has 3 N–H and O–H groups in total. The molecule has 1 aromatic rings. The van der Waals surface area contributed by atoms with Gasteiger partial charge in [-0.05, 0) is 40.9 Å². The molecule has 0 atom stereocenters. The molecule has 1 aliphatic rings. The van der Waals surface area contributed by atoms with Crippen molar-refractivity contribution in [3.8, 4) is 0 Å². The molecule has 0 bridgehead atoms. The summed E-state index contributed by atoms with van der Waals surface area (Å²) < 4.78 is 76.9. The van der Waals surface area contributed by atoms with Crippen LogP contribution in [0, 0.1) is 5.82 Å². The zero-order valence-corrected chi connectivity index (χ0v) is 12.2. The second-order valence-corrected chi connectivity index (χ2v) is 6.99. The van der Waals surface area contributed by atoms with Gasteiger partial charge in [-0.1, -0.05) is 0 Å². The SMILES string of the molecule is Nc1cc(S(=O)(=O)NC2(C(F)(F)F)CC2)c(Br)cc1F. The first-order valence-electron chi connectivity index (χ1n) is 5.34. The molecule has 10 heteroatoms. The average molecular weight is 377 g/mol. The Hall–Kier alpha value is -0.870. The highest BCUT2D eigenvalue weighted by Crippen LogP contribution is 2.50. The fraction of sp³-hybridized carbons (Fsp3) is 0.400. The van der Waals surface area contributed by atoms with E-state index in [2.05, 4.69) is 15.9 Å². The highest BCUT2D eigenvalue weighted by Gasteiger charge is 2.65. The molecule has 0 spiro atoms. The minimum absolute atomic E-state index is 0.199. The average Bonchev–Trinajstić information content (AvgIpc) is 3.02. The van der Waals surface area contributed by atoms with Gasteiger partial charge in [0.05, 0.1) is 10.6 Å². The standard InChI is InChI=1S/C10H9BrF4N2O2S/c11-5-3-6(12)7(16)4-8(5)20(18,19)17-9(1-2-9)10(13,14)15/h3-4,17H,1-2,16H2. The third-order valence-electron chi connectivity index (χ3n) is 2.96. The van der Waals surface area contributed by atoms with Crippen LogP contribution >= 0.6 is 15.9 Å². The molecule has 112 valence electrons. The highest BCUT2D eigenvalue weighted by atomic mass is 79.9. The number of rotatable bonds is 3. The molecule has 0 aliphatic heterocycles. The number of sulfonamides is 1. The molecule has 0 amide bonds. The number of halogens is 5.